The van der Waals surface area contributed by atoms with E-state index in [4.69, 9.17) is 4.74 Å². The molecule has 4 heteroatoms. The van der Waals surface area contributed by atoms with Crippen molar-refractivity contribution < 1.29 is 14.6 Å². The lowest BCUT2D eigenvalue weighted by atomic mass is 9.98. The number of carbonyl (C=O) groups is 1. The largest absolute Gasteiger partial charge is 0.508 e. The van der Waals surface area contributed by atoms with Crippen LogP contribution in [0.5, 0.6) is 5.75 Å². The molecule has 0 aromatic heterocycles. The number of ether oxygens (including phenoxy) is 1. The summed E-state index contributed by atoms with van der Waals surface area (Å²) in [5, 5.41) is 12.5. The number of carbonyl (C=O) groups excluding carboxylic acids is 1. The van der Waals surface area contributed by atoms with E-state index in [1.165, 1.54) is 22.3 Å². The lowest BCUT2D eigenvalue weighted by Crippen LogP contribution is -2.26. The minimum atomic E-state index is -0.396. The number of amides is 1. The Kier molecular flexibility index (Phi) is 6.08. The summed E-state index contributed by atoms with van der Waals surface area (Å²) in [6.45, 7) is 4.77. The molecular weight excluding hydrogens is 386 g/mol. The maximum absolute atomic E-state index is 12.2. The first-order valence-electron chi connectivity index (χ1n) is 10.6. The summed E-state index contributed by atoms with van der Waals surface area (Å²) in [4.78, 5) is 12.2. The van der Waals surface area contributed by atoms with Crippen LogP contribution in [0.2, 0.25) is 0 Å². The van der Waals surface area contributed by atoms with Crippen molar-refractivity contribution in [3.8, 4) is 16.9 Å². The molecule has 0 radical (unpaired) electrons. The van der Waals surface area contributed by atoms with Gasteiger partial charge in [-0.05, 0) is 71.3 Å². The molecule has 0 unspecified atom stereocenters. The summed E-state index contributed by atoms with van der Waals surface area (Å²) in [5.41, 5.74) is 8.00. The first-order chi connectivity index (χ1) is 15.0. The second-order valence-corrected chi connectivity index (χ2v) is 7.94. The van der Waals surface area contributed by atoms with Crippen LogP contribution in [0.4, 0.5) is 4.79 Å². The summed E-state index contributed by atoms with van der Waals surface area (Å²) < 4.78 is 5.55. The molecule has 0 heterocycles. The highest BCUT2D eigenvalue weighted by molar-refractivity contribution is 5.79. The summed E-state index contributed by atoms with van der Waals surface area (Å²) in [5.74, 6) is 0.350. The first kappa shape index (κ1) is 20.7. The van der Waals surface area contributed by atoms with Crippen molar-refractivity contribution >= 4 is 12.2 Å². The van der Waals surface area contributed by atoms with Gasteiger partial charge in [-0.15, -0.1) is 0 Å². The van der Waals surface area contributed by atoms with Crippen LogP contribution in [0.3, 0.4) is 0 Å². The molecule has 31 heavy (non-hydrogen) atoms. The van der Waals surface area contributed by atoms with E-state index >= 15 is 0 Å². The van der Waals surface area contributed by atoms with Gasteiger partial charge in [0.25, 0.3) is 0 Å². The van der Waals surface area contributed by atoms with Crippen molar-refractivity contribution in [3.63, 3.8) is 0 Å². The first-order valence-corrected chi connectivity index (χ1v) is 10.6. The fraction of sp³-hybridized carbons (Fsp3) is 0.222. The Labute approximate surface area is 183 Å². The van der Waals surface area contributed by atoms with Crippen molar-refractivity contribution in [1.29, 1.82) is 0 Å². The van der Waals surface area contributed by atoms with Crippen LogP contribution in [-0.4, -0.2) is 24.4 Å². The molecule has 4 nitrogen and oxygen atoms in total. The molecule has 3 aromatic rings. The van der Waals surface area contributed by atoms with Crippen LogP contribution in [0.15, 0.2) is 66.7 Å². The minimum absolute atomic E-state index is 0.0680. The Morgan fingerprint density at radius 2 is 1.58 bits per heavy atom. The number of phenolic OH excluding ortho intramolecular Hbond substituents is 1. The standard InChI is InChI=1S/C27H27NO3/c1-18-15-20(29)16-19(2)21(18)9-7-8-14-28-27(30)31-17-26-24-12-5-3-10-22(24)23-11-4-6-13-25(23)26/h3-7,9-13,15-16,26,29H,8,14,17H2,1-2H3,(H,28,30). The topological polar surface area (TPSA) is 58.6 Å². The van der Waals surface area contributed by atoms with E-state index in [0.717, 1.165) is 16.7 Å². The van der Waals surface area contributed by atoms with E-state index < -0.39 is 6.09 Å². The third-order valence-corrected chi connectivity index (χ3v) is 5.79. The summed E-state index contributed by atoms with van der Waals surface area (Å²) in [7, 11) is 0. The normalized spacial score (nSPS) is 12.6. The van der Waals surface area contributed by atoms with Crippen LogP contribution in [0, 0.1) is 13.8 Å². The number of hydrogen-bond donors (Lipinski definition) is 2. The van der Waals surface area contributed by atoms with Crippen molar-refractivity contribution in [3.05, 3.63) is 94.6 Å². The number of nitrogens with one attached hydrogen (secondary N) is 1. The van der Waals surface area contributed by atoms with E-state index in [9.17, 15) is 9.90 Å². The van der Waals surface area contributed by atoms with Gasteiger partial charge < -0.3 is 15.2 Å². The maximum Gasteiger partial charge on any atom is 0.407 e. The third kappa shape index (κ3) is 4.48. The summed E-state index contributed by atoms with van der Waals surface area (Å²) in [6, 6.07) is 20.1. The number of phenols is 1. The molecule has 0 spiro atoms. The zero-order valence-corrected chi connectivity index (χ0v) is 17.9. The molecule has 3 aromatic carbocycles. The molecule has 158 valence electrons. The maximum atomic E-state index is 12.2. The number of benzene rings is 3. The highest BCUT2D eigenvalue weighted by atomic mass is 16.5. The van der Waals surface area contributed by atoms with E-state index in [1.807, 2.05) is 50.3 Å². The van der Waals surface area contributed by atoms with Gasteiger partial charge in [0, 0.05) is 12.5 Å². The van der Waals surface area contributed by atoms with Crippen molar-refractivity contribution in [1.82, 2.24) is 5.32 Å². The average molecular weight is 414 g/mol. The Morgan fingerprint density at radius 1 is 1.00 bits per heavy atom. The number of rotatable bonds is 6. The number of fused-ring (bicyclic) bond motifs is 3. The Hall–Kier alpha value is -3.53. The molecule has 1 aliphatic carbocycles. The monoisotopic (exact) mass is 413 g/mol. The van der Waals surface area contributed by atoms with Gasteiger partial charge in [0.2, 0.25) is 0 Å². The smallest absolute Gasteiger partial charge is 0.407 e. The SMILES string of the molecule is Cc1cc(O)cc(C)c1C=CCCNC(=O)OCC1c2ccccc2-c2ccccc21. The fourth-order valence-electron chi connectivity index (χ4n) is 4.32. The quantitative estimate of drug-likeness (QED) is 0.491. The number of aryl methyl sites for hydroxylation is 2. The Bertz CT molecular complexity index is 1060. The Balaban J connectivity index is 1.29. The van der Waals surface area contributed by atoms with Gasteiger partial charge >= 0.3 is 6.09 Å². The zero-order chi connectivity index (χ0) is 21.8. The van der Waals surface area contributed by atoms with E-state index in [0.29, 0.717) is 19.6 Å². The minimum Gasteiger partial charge on any atom is -0.508 e. The summed E-state index contributed by atoms with van der Waals surface area (Å²) in [6.07, 6.45) is 4.36. The second-order valence-electron chi connectivity index (χ2n) is 7.94. The number of alkyl carbamates (subject to hydrolysis) is 1. The summed E-state index contributed by atoms with van der Waals surface area (Å²) >= 11 is 0. The Morgan fingerprint density at radius 3 is 2.19 bits per heavy atom. The van der Waals surface area contributed by atoms with Crippen LogP contribution in [-0.2, 0) is 4.74 Å². The van der Waals surface area contributed by atoms with Crippen LogP contribution in [0.1, 0.15) is 40.2 Å². The third-order valence-electron chi connectivity index (χ3n) is 5.79. The molecule has 0 bridgehead atoms. The predicted octanol–water partition coefficient (Wildman–Crippen LogP) is 5.95. The molecular formula is C27H27NO3. The number of hydrogen-bond acceptors (Lipinski definition) is 3. The van der Waals surface area contributed by atoms with Crippen LogP contribution >= 0.6 is 0 Å². The highest BCUT2D eigenvalue weighted by Gasteiger charge is 2.28. The van der Waals surface area contributed by atoms with E-state index in [2.05, 4.69) is 29.6 Å². The molecule has 0 atom stereocenters. The second kappa shape index (κ2) is 9.09. The molecule has 0 saturated carbocycles. The molecule has 0 fully saturated rings. The molecule has 0 saturated heterocycles. The molecule has 0 aliphatic heterocycles. The van der Waals surface area contributed by atoms with Crippen molar-refractivity contribution in [2.75, 3.05) is 13.2 Å². The zero-order valence-electron chi connectivity index (χ0n) is 17.9. The van der Waals surface area contributed by atoms with E-state index in [-0.39, 0.29) is 11.7 Å². The van der Waals surface area contributed by atoms with Crippen molar-refractivity contribution in [2.24, 2.45) is 0 Å². The fourth-order valence-corrected chi connectivity index (χ4v) is 4.32. The molecule has 4 rings (SSSR count). The van der Waals surface area contributed by atoms with Crippen molar-refractivity contribution in [2.45, 2.75) is 26.2 Å². The molecule has 2 N–H and O–H groups in total. The number of aromatic hydroxyl groups is 1. The van der Waals surface area contributed by atoms with Gasteiger partial charge in [0.1, 0.15) is 12.4 Å². The predicted molar refractivity (Wildman–Crippen MR) is 124 cm³/mol. The highest BCUT2D eigenvalue weighted by Crippen LogP contribution is 2.44. The lowest BCUT2D eigenvalue weighted by Gasteiger charge is -2.14. The van der Waals surface area contributed by atoms with Crippen LogP contribution < -0.4 is 5.32 Å². The van der Waals surface area contributed by atoms with Gasteiger partial charge in [-0.1, -0.05) is 60.7 Å². The van der Waals surface area contributed by atoms with E-state index in [1.54, 1.807) is 12.1 Å². The molecule has 1 amide bonds. The van der Waals surface area contributed by atoms with Gasteiger partial charge in [0.05, 0.1) is 0 Å². The van der Waals surface area contributed by atoms with Gasteiger partial charge in [0.15, 0.2) is 0 Å². The van der Waals surface area contributed by atoms with Crippen LogP contribution in [0.25, 0.3) is 17.2 Å². The van der Waals surface area contributed by atoms with Gasteiger partial charge in [-0.3, -0.25) is 0 Å². The lowest BCUT2D eigenvalue weighted by molar-refractivity contribution is 0.143. The van der Waals surface area contributed by atoms with Gasteiger partial charge in [-0.25, -0.2) is 4.79 Å². The average Bonchev–Trinajstić information content (AvgIpc) is 3.07. The van der Waals surface area contributed by atoms with Gasteiger partial charge in [-0.2, -0.15) is 0 Å². The molecule has 1 aliphatic rings.